The van der Waals surface area contributed by atoms with E-state index in [1.165, 1.54) is 41.1 Å². The van der Waals surface area contributed by atoms with Crippen LogP contribution in [0.25, 0.3) is 16.7 Å². The number of anilines is 2. The fourth-order valence-electron chi connectivity index (χ4n) is 4.27. The van der Waals surface area contributed by atoms with E-state index in [0.717, 1.165) is 29.0 Å². The Labute approximate surface area is 254 Å². The first-order valence-electron chi connectivity index (χ1n) is 13.3. The minimum Gasteiger partial charge on any atom is -0.453 e. The van der Waals surface area contributed by atoms with Gasteiger partial charge in [-0.3, -0.25) is 19.3 Å². The lowest BCUT2D eigenvalue weighted by molar-refractivity contribution is 0.102. The first-order valence-corrected chi connectivity index (χ1v) is 13.3. The first kappa shape index (κ1) is 31.8. The molecule has 1 atom stereocenters. The molecule has 0 fully saturated rings. The van der Waals surface area contributed by atoms with Crippen LogP contribution in [-0.2, 0) is 0 Å². The Hall–Kier alpha value is -5.08. The van der Waals surface area contributed by atoms with Crippen LogP contribution in [0.4, 0.5) is 20.3 Å². The van der Waals surface area contributed by atoms with Crippen LogP contribution < -0.4 is 26.6 Å². The number of halogens is 3. The number of benzene rings is 2. The van der Waals surface area contributed by atoms with E-state index in [0.29, 0.717) is 17.5 Å². The molecular formula is C29H28ClF2N7O5. The third-order valence-corrected chi connectivity index (χ3v) is 6.52. The molecule has 0 aliphatic heterocycles. The summed E-state index contributed by atoms with van der Waals surface area (Å²) in [6.45, 7) is 5.17. The number of fused-ring (bicyclic) bond motifs is 1. The van der Waals surface area contributed by atoms with E-state index in [1.54, 1.807) is 20.8 Å². The number of aliphatic hydroxyl groups is 1. The van der Waals surface area contributed by atoms with Gasteiger partial charge in [-0.15, -0.1) is 12.4 Å². The molecule has 44 heavy (non-hydrogen) atoms. The molecule has 1 amide bonds. The van der Waals surface area contributed by atoms with Crippen molar-refractivity contribution in [3.05, 3.63) is 99.0 Å². The topological polar surface area (TPSA) is 156 Å². The predicted molar refractivity (Wildman–Crippen MR) is 162 cm³/mol. The number of carbonyl (C=O) groups is 1. The summed E-state index contributed by atoms with van der Waals surface area (Å²) < 4.78 is 36.4. The number of carbonyl (C=O) groups excluding carboxylic acids is 1. The maximum absolute atomic E-state index is 15.2. The molecule has 0 aliphatic rings. The maximum Gasteiger partial charge on any atom is 0.335 e. The summed E-state index contributed by atoms with van der Waals surface area (Å²) in [6.07, 6.45) is 2.11. The monoisotopic (exact) mass is 627 g/mol. The summed E-state index contributed by atoms with van der Waals surface area (Å²) in [5.41, 5.74) is -1.57. The molecule has 2 aromatic carbocycles. The van der Waals surface area contributed by atoms with Crippen molar-refractivity contribution >= 4 is 40.9 Å². The van der Waals surface area contributed by atoms with E-state index in [-0.39, 0.29) is 46.7 Å². The first-order chi connectivity index (χ1) is 20.6. The highest BCUT2D eigenvalue weighted by molar-refractivity contribution is 6.04. The SMILES string of the molecule is CCC(O)Nc1n[nH]c2nccc(Oc3ccc(NC(=O)c4cn(C(C)C)c(=O)n(-c5ccc(F)cc5)c4=O)cc3F)c12.Cl. The summed E-state index contributed by atoms with van der Waals surface area (Å²) in [7, 11) is 0. The van der Waals surface area contributed by atoms with Gasteiger partial charge in [0.1, 0.15) is 28.7 Å². The molecule has 3 heterocycles. The van der Waals surface area contributed by atoms with Gasteiger partial charge in [0.25, 0.3) is 11.5 Å². The minimum absolute atomic E-state index is 0. The molecule has 3 aromatic heterocycles. The smallest absolute Gasteiger partial charge is 0.335 e. The van der Waals surface area contributed by atoms with E-state index in [9.17, 15) is 23.9 Å². The number of hydrogen-bond donors (Lipinski definition) is 4. The van der Waals surface area contributed by atoms with Crippen LogP contribution in [-0.4, -0.2) is 41.6 Å². The number of H-pyrrole nitrogens is 1. The molecular weight excluding hydrogens is 600 g/mol. The van der Waals surface area contributed by atoms with Crippen LogP contribution in [0, 0.1) is 11.6 Å². The Bertz CT molecular complexity index is 1940. The third-order valence-electron chi connectivity index (χ3n) is 6.52. The Morgan fingerprint density at radius 1 is 1.09 bits per heavy atom. The number of aromatic nitrogens is 5. The van der Waals surface area contributed by atoms with E-state index >= 15 is 4.39 Å². The molecule has 4 N–H and O–H groups in total. The molecule has 1 unspecified atom stereocenters. The number of nitrogens with zero attached hydrogens (tertiary/aromatic N) is 4. The summed E-state index contributed by atoms with van der Waals surface area (Å²) in [6, 6.07) is 9.46. The standard InChI is InChI=1S/C29H27F2N7O5.ClH/c1-4-23(39)34-26-24-22(11-12-32-25(24)35-36-26)43-21-10-7-17(13-20(21)31)33-27(40)19-14-37(15(2)3)29(42)38(28(19)41)18-8-5-16(30)6-9-18;/h5-15,23,39H,4H2,1-3H3,(H,33,40)(H2,32,34,35,36);1H. The van der Waals surface area contributed by atoms with Crippen LogP contribution in [0.2, 0.25) is 0 Å². The van der Waals surface area contributed by atoms with Crippen molar-refractivity contribution in [1.82, 2.24) is 24.3 Å². The second-order valence-corrected chi connectivity index (χ2v) is 9.82. The Morgan fingerprint density at radius 3 is 2.48 bits per heavy atom. The molecule has 12 nitrogen and oxygen atoms in total. The van der Waals surface area contributed by atoms with Gasteiger partial charge >= 0.3 is 5.69 Å². The molecule has 5 aromatic rings. The maximum atomic E-state index is 15.2. The second kappa shape index (κ2) is 13.1. The van der Waals surface area contributed by atoms with Crippen LogP contribution >= 0.6 is 12.4 Å². The summed E-state index contributed by atoms with van der Waals surface area (Å²) in [5, 5.41) is 22.5. The molecule has 230 valence electrons. The van der Waals surface area contributed by atoms with Gasteiger partial charge in [-0.25, -0.2) is 23.1 Å². The number of rotatable bonds is 9. The van der Waals surface area contributed by atoms with Gasteiger partial charge in [0.2, 0.25) is 0 Å². The fraction of sp³-hybridized carbons (Fsp3) is 0.207. The Kier molecular flexibility index (Phi) is 9.45. The number of hydrogen-bond acceptors (Lipinski definition) is 8. The lowest BCUT2D eigenvalue weighted by Gasteiger charge is -2.16. The normalized spacial score (nSPS) is 11.7. The quantitative estimate of drug-likeness (QED) is 0.171. The molecule has 5 rings (SSSR count). The fourth-order valence-corrected chi connectivity index (χ4v) is 4.27. The number of nitrogens with one attached hydrogen (secondary N) is 3. The zero-order valence-electron chi connectivity index (χ0n) is 23.7. The predicted octanol–water partition coefficient (Wildman–Crippen LogP) is 4.74. The van der Waals surface area contributed by atoms with Crippen LogP contribution in [0.1, 0.15) is 43.6 Å². The van der Waals surface area contributed by atoms with Gasteiger partial charge in [0, 0.05) is 36.3 Å². The number of pyridine rings is 1. The van der Waals surface area contributed by atoms with Gasteiger partial charge in [0.15, 0.2) is 23.0 Å². The summed E-state index contributed by atoms with van der Waals surface area (Å²) in [5.74, 6) is -1.98. The zero-order chi connectivity index (χ0) is 30.8. The Balaban J connectivity index is 0.00000442. The van der Waals surface area contributed by atoms with E-state index in [2.05, 4.69) is 25.8 Å². The van der Waals surface area contributed by atoms with Crippen molar-refractivity contribution in [2.75, 3.05) is 10.6 Å². The average molecular weight is 628 g/mol. The minimum atomic E-state index is -0.925. The number of amides is 1. The van der Waals surface area contributed by atoms with Gasteiger partial charge in [-0.1, -0.05) is 6.92 Å². The zero-order valence-corrected chi connectivity index (χ0v) is 24.5. The molecule has 15 heteroatoms. The van der Waals surface area contributed by atoms with Crippen molar-refractivity contribution in [2.24, 2.45) is 0 Å². The number of aromatic amines is 1. The van der Waals surface area contributed by atoms with E-state index in [1.807, 2.05) is 0 Å². The van der Waals surface area contributed by atoms with Crippen LogP contribution in [0.5, 0.6) is 11.5 Å². The van der Waals surface area contributed by atoms with E-state index < -0.39 is 41.1 Å². The summed E-state index contributed by atoms with van der Waals surface area (Å²) >= 11 is 0. The highest BCUT2D eigenvalue weighted by Crippen LogP contribution is 2.34. The van der Waals surface area contributed by atoms with Crippen LogP contribution in [0.3, 0.4) is 0 Å². The molecule has 0 saturated carbocycles. The molecule has 0 saturated heterocycles. The molecule has 0 spiro atoms. The highest BCUT2D eigenvalue weighted by Gasteiger charge is 2.21. The second-order valence-electron chi connectivity index (χ2n) is 9.82. The summed E-state index contributed by atoms with van der Waals surface area (Å²) in [4.78, 5) is 43.7. The van der Waals surface area contributed by atoms with Gasteiger partial charge < -0.3 is 20.5 Å². The third kappa shape index (κ3) is 6.31. The van der Waals surface area contributed by atoms with Crippen molar-refractivity contribution < 1.29 is 23.4 Å². The van der Waals surface area contributed by atoms with Crippen LogP contribution in [0.15, 0.2) is 70.5 Å². The molecule has 0 radical (unpaired) electrons. The van der Waals surface area contributed by atoms with Crippen molar-refractivity contribution in [2.45, 2.75) is 39.5 Å². The average Bonchev–Trinajstić information content (AvgIpc) is 3.38. The van der Waals surface area contributed by atoms with Crippen molar-refractivity contribution in [3.8, 4) is 17.2 Å². The van der Waals surface area contributed by atoms with E-state index in [4.69, 9.17) is 4.74 Å². The highest BCUT2D eigenvalue weighted by atomic mass is 35.5. The Morgan fingerprint density at radius 2 is 1.82 bits per heavy atom. The largest absolute Gasteiger partial charge is 0.453 e. The molecule has 0 aliphatic carbocycles. The van der Waals surface area contributed by atoms with Gasteiger partial charge in [-0.2, -0.15) is 5.10 Å². The number of ether oxygens (including phenoxy) is 1. The lowest BCUT2D eigenvalue weighted by Crippen LogP contribution is -2.42. The van der Waals surface area contributed by atoms with Gasteiger partial charge in [0.05, 0.1) is 5.69 Å². The number of aliphatic hydroxyl groups excluding tert-OH is 1. The lowest BCUT2D eigenvalue weighted by atomic mass is 10.2. The van der Waals surface area contributed by atoms with Gasteiger partial charge in [-0.05, 0) is 56.7 Å². The van der Waals surface area contributed by atoms with Crippen molar-refractivity contribution in [1.29, 1.82) is 0 Å². The molecule has 0 bridgehead atoms. The van der Waals surface area contributed by atoms with Crippen molar-refractivity contribution in [3.63, 3.8) is 0 Å².